The Morgan fingerprint density at radius 1 is 1.29 bits per heavy atom. The first-order valence-electron chi connectivity index (χ1n) is 5.64. The maximum absolute atomic E-state index is 13.4. The molecular formula is C13H19F2NS. The Balaban J connectivity index is 2.53. The molecule has 0 bridgehead atoms. The van der Waals surface area contributed by atoms with Crippen molar-refractivity contribution in [1.29, 1.82) is 0 Å². The average molecular weight is 259 g/mol. The fraction of sp³-hybridized carbons (Fsp3) is 0.538. The Bertz CT molecular complexity index is 374. The van der Waals surface area contributed by atoms with E-state index in [0.717, 1.165) is 12.6 Å². The lowest BCUT2D eigenvalue weighted by molar-refractivity contribution is 0.429. The summed E-state index contributed by atoms with van der Waals surface area (Å²) in [6.45, 7) is 9.06. The van der Waals surface area contributed by atoms with E-state index in [1.165, 1.54) is 23.9 Å². The standard InChI is InChI=1S/C13H19F2NS/c1-9(8-16-13(2,3)4)17-12-6-5-10(14)7-11(12)15/h5-7,9,16H,8H2,1-4H3. The first-order chi connectivity index (χ1) is 7.78. The highest BCUT2D eigenvalue weighted by Crippen LogP contribution is 2.26. The van der Waals surface area contributed by atoms with Gasteiger partial charge < -0.3 is 5.32 Å². The van der Waals surface area contributed by atoms with E-state index in [9.17, 15) is 8.78 Å². The summed E-state index contributed by atoms with van der Waals surface area (Å²) in [7, 11) is 0. The lowest BCUT2D eigenvalue weighted by Crippen LogP contribution is -2.39. The second-order valence-corrected chi connectivity index (χ2v) is 6.61. The molecule has 0 aliphatic heterocycles. The van der Waals surface area contributed by atoms with Crippen LogP contribution in [0.15, 0.2) is 23.1 Å². The van der Waals surface area contributed by atoms with Gasteiger partial charge in [0.2, 0.25) is 0 Å². The van der Waals surface area contributed by atoms with Gasteiger partial charge in [0.05, 0.1) is 0 Å². The van der Waals surface area contributed by atoms with Crippen molar-refractivity contribution in [2.45, 2.75) is 43.4 Å². The van der Waals surface area contributed by atoms with Gasteiger partial charge in [-0.05, 0) is 32.9 Å². The lowest BCUT2D eigenvalue weighted by atomic mass is 10.1. The molecule has 0 aliphatic carbocycles. The third-order valence-electron chi connectivity index (χ3n) is 2.14. The summed E-state index contributed by atoms with van der Waals surface area (Å²) in [6, 6.07) is 3.70. The zero-order valence-corrected chi connectivity index (χ0v) is 11.5. The predicted octanol–water partition coefficient (Wildman–Crippen LogP) is 3.83. The van der Waals surface area contributed by atoms with Crippen LogP contribution < -0.4 is 5.32 Å². The second kappa shape index (κ2) is 5.83. The summed E-state index contributed by atoms with van der Waals surface area (Å²) in [5.41, 5.74) is 0.0517. The first kappa shape index (κ1) is 14.5. The quantitative estimate of drug-likeness (QED) is 0.825. The van der Waals surface area contributed by atoms with Gasteiger partial charge in [0, 0.05) is 28.3 Å². The molecule has 0 radical (unpaired) electrons. The zero-order chi connectivity index (χ0) is 13.1. The van der Waals surface area contributed by atoms with Crippen molar-refractivity contribution in [3.05, 3.63) is 29.8 Å². The minimum absolute atomic E-state index is 0.0517. The summed E-state index contributed by atoms with van der Waals surface area (Å²) >= 11 is 1.42. The number of hydrogen-bond donors (Lipinski definition) is 1. The minimum atomic E-state index is -0.535. The van der Waals surface area contributed by atoms with Gasteiger partial charge >= 0.3 is 0 Å². The van der Waals surface area contributed by atoms with E-state index in [0.29, 0.717) is 4.90 Å². The molecule has 0 saturated carbocycles. The molecule has 4 heteroatoms. The predicted molar refractivity (Wildman–Crippen MR) is 69.4 cm³/mol. The molecule has 0 fully saturated rings. The van der Waals surface area contributed by atoms with Crippen LogP contribution in [0.3, 0.4) is 0 Å². The number of benzene rings is 1. The molecule has 0 amide bonds. The van der Waals surface area contributed by atoms with E-state index in [-0.39, 0.29) is 10.8 Å². The Kier molecular flexibility index (Phi) is 4.95. The average Bonchev–Trinajstić information content (AvgIpc) is 2.18. The number of hydrogen-bond acceptors (Lipinski definition) is 2. The summed E-state index contributed by atoms with van der Waals surface area (Å²) in [5, 5.41) is 3.59. The summed E-state index contributed by atoms with van der Waals surface area (Å²) < 4.78 is 26.1. The third-order valence-corrected chi connectivity index (χ3v) is 3.30. The van der Waals surface area contributed by atoms with Crippen molar-refractivity contribution < 1.29 is 8.78 Å². The SMILES string of the molecule is CC(CNC(C)(C)C)Sc1ccc(F)cc1F. The number of nitrogens with one attached hydrogen (secondary N) is 1. The molecule has 17 heavy (non-hydrogen) atoms. The molecule has 1 aromatic carbocycles. The third kappa shape index (κ3) is 5.50. The van der Waals surface area contributed by atoms with Crippen LogP contribution in [0.1, 0.15) is 27.7 Å². The van der Waals surface area contributed by atoms with Crippen LogP contribution in [0.5, 0.6) is 0 Å². The van der Waals surface area contributed by atoms with Gasteiger partial charge in [-0.15, -0.1) is 11.8 Å². The van der Waals surface area contributed by atoms with Gasteiger partial charge in [-0.25, -0.2) is 8.78 Å². The molecule has 1 unspecified atom stereocenters. The highest BCUT2D eigenvalue weighted by molar-refractivity contribution is 8.00. The molecule has 0 saturated heterocycles. The van der Waals surface area contributed by atoms with E-state index in [1.807, 2.05) is 6.92 Å². The van der Waals surface area contributed by atoms with Crippen LogP contribution in [0.2, 0.25) is 0 Å². The van der Waals surface area contributed by atoms with E-state index in [1.54, 1.807) is 0 Å². The van der Waals surface area contributed by atoms with Gasteiger partial charge in [-0.3, -0.25) is 0 Å². The summed E-state index contributed by atoms with van der Waals surface area (Å²) in [4.78, 5) is 0.495. The van der Waals surface area contributed by atoms with E-state index in [2.05, 4.69) is 26.1 Å². The number of halogens is 2. The smallest absolute Gasteiger partial charge is 0.139 e. The summed E-state index contributed by atoms with van der Waals surface area (Å²) in [6.07, 6.45) is 0. The second-order valence-electron chi connectivity index (χ2n) is 5.13. The zero-order valence-electron chi connectivity index (χ0n) is 10.7. The molecule has 1 aromatic rings. The van der Waals surface area contributed by atoms with Gasteiger partial charge in [-0.1, -0.05) is 6.92 Å². The molecule has 1 nitrogen and oxygen atoms in total. The fourth-order valence-electron chi connectivity index (χ4n) is 1.28. The topological polar surface area (TPSA) is 12.0 Å². The van der Waals surface area contributed by atoms with Gasteiger partial charge in [-0.2, -0.15) is 0 Å². The molecule has 96 valence electrons. The maximum atomic E-state index is 13.4. The number of rotatable bonds is 4. The van der Waals surface area contributed by atoms with E-state index < -0.39 is 11.6 Å². The lowest BCUT2D eigenvalue weighted by Gasteiger charge is -2.23. The van der Waals surface area contributed by atoms with Crippen LogP contribution in [0.4, 0.5) is 8.78 Å². The Hall–Kier alpha value is -0.610. The molecule has 1 atom stereocenters. The normalized spacial score (nSPS) is 13.8. The van der Waals surface area contributed by atoms with Crippen molar-refractivity contribution in [3.63, 3.8) is 0 Å². The monoisotopic (exact) mass is 259 g/mol. The Morgan fingerprint density at radius 2 is 1.94 bits per heavy atom. The van der Waals surface area contributed by atoms with Gasteiger partial charge in [0.1, 0.15) is 11.6 Å². The van der Waals surface area contributed by atoms with Gasteiger partial charge in [0.25, 0.3) is 0 Å². The molecule has 1 N–H and O–H groups in total. The van der Waals surface area contributed by atoms with Crippen molar-refractivity contribution in [2.75, 3.05) is 6.54 Å². The molecule has 1 rings (SSSR count). The van der Waals surface area contributed by atoms with Crippen LogP contribution in [0.25, 0.3) is 0 Å². The largest absolute Gasteiger partial charge is 0.311 e. The van der Waals surface area contributed by atoms with E-state index >= 15 is 0 Å². The van der Waals surface area contributed by atoms with Crippen LogP contribution in [0, 0.1) is 11.6 Å². The minimum Gasteiger partial charge on any atom is -0.311 e. The molecular weight excluding hydrogens is 240 g/mol. The maximum Gasteiger partial charge on any atom is 0.139 e. The van der Waals surface area contributed by atoms with Crippen molar-refractivity contribution >= 4 is 11.8 Å². The highest BCUT2D eigenvalue weighted by atomic mass is 32.2. The molecule has 0 aliphatic rings. The van der Waals surface area contributed by atoms with Crippen molar-refractivity contribution in [3.8, 4) is 0 Å². The summed E-state index contributed by atoms with van der Waals surface area (Å²) in [5.74, 6) is -1.02. The van der Waals surface area contributed by atoms with Crippen LogP contribution >= 0.6 is 11.8 Å². The Morgan fingerprint density at radius 3 is 2.47 bits per heavy atom. The molecule has 0 aromatic heterocycles. The highest BCUT2D eigenvalue weighted by Gasteiger charge is 2.13. The first-order valence-corrected chi connectivity index (χ1v) is 6.52. The van der Waals surface area contributed by atoms with Crippen molar-refractivity contribution in [2.24, 2.45) is 0 Å². The molecule has 0 heterocycles. The Labute approximate surface area is 106 Å². The van der Waals surface area contributed by atoms with Crippen LogP contribution in [-0.4, -0.2) is 17.3 Å². The van der Waals surface area contributed by atoms with Crippen molar-refractivity contribution in [1.82, 2.24) is 5.32 Å². The number of thioether (sulfide) groups is 1. The van der Waals surface area contributed by atoms with E-state index in [4.69, 9.17) is 0 Å². The van der Waals surface area contributed by atoms with Gasteiger partial charge in [0.15, 0.2) is 0 Å². The molecule has 0 spiro atoms. The fourth-order valence-corrected chi connectivity index (χ4v) is 2.20. The van der Waals surface area contributed by atoms with Crippen LogP contribution in [-0.2, 0) is 0 Å².